The third kappa shape index (κ3) is 3.22. The molecule has 15 heavy (non-hydrogen) atoms. The second kappa shape index (κ2) is 5.53. The molecule has 0 saturated heterocycles. The highest BCUT2D eigenvalue weighted by molar-refractivity contribution is 5.70. The average molecular weight is 212 g/mol. The van der Waals surface area contributed by atoms with Gasteiger partial charge in [-0.15, -0.1) is 0 Å². The molecule has 2 heteroatoms. The van der Waals surface area contributed by atoms with E-state index < -0.39 is 5.97 Å². The molecular weight excluding hydrogens is 188 g/mol. The second-order valence-electron chi connectivity index (χ2n) is 5.27. The highest BCUT2D eigenvalue weighted by Gasteiger charge is 2.31. The van der Waals surface area contributed by atoms with E-state index >= 15 is 0 Å². The summed E-state index contributed by atoms with van der Waals surface area (Å²) in [6.45, 7) is 6.55. The van der Waals surface area contributed by atoms with Gasteiger partial charge in [-0.1, -0.05) is 20.8 Å². The molecule has 1 aliphatic carbocycles. The van der Waals surface area contributed by atoms with E-state index in [4.69, 9.17) is 5.11 Å². The summed E-state index contributed by atoms with van der Waals surface area (Å²) in [6.07, 6.45) is 5.48. The molecule has 1 atom stereocenters. The first kappa shape index (κ1) is 12.5. The Labute approximate surface area is 93.1 Å². The summed E-state index contributed by atoms with van der Waals surface area (Å²) in [5.74, 6) is 1.33. The summed E-state index contributed by atoms with van der Waals surface area (Å²) in [6, 6.07) is 0. The Morgan fingerprint density at radius 3 is 2.00 bits per heavy atom. The predicted octanol–water partition coefficient (Wildman–Crippen LogP) is 3.56. The van der Waals surface area contributed by atoms with E-state index in [1.807, 2.05) is 6.92 Å². The zero-order valence-electron chi connectivity index (χ0n) is 10.2. The molecule has 0 bridgehead atoms. The Morgan fingerprint density at radius 1 is 1.20 bits per heavy atom. The third-order valence-corrected chi connectivity index (χ3v) is 4.09. The molecule has 1 unspecified atom stereocenters. The van der Waals surface area contributed by atoms with E-state index in [0.717, 1.165) is 31.1 Å². The van der Waals surface area contributed by atoms with Gasteiger partial charge in [-0.3, -0.25) is 4.79 Å². The van der Waals surface area contributed by atoms with Gasteiger partial charge in [0.25, 0.3) is 0 Å². The van der Waals surface area contributed by atoms with E-state index in [1.54, 1.807) is 0 Å². The monoisotopic (exact) mass is 212 g/mol. The van der Waals surface area contributed by atoms with Crippen molar-refractivity contribution < 1.29 is 9.90 Å². The van der Waals surface area contributed by atoms with Crippen molar-refractivity contribution in [1.82, 2.24) is 0 Å². The first-order valence-electron chi connectivity index (χ1n) is 6.29. The van der Waals surface area contributed by atoms with Gasteiger partial charge in [-0.25, -0.2) is 0 Å². The zero-order chi connectivity index (χ0) is 11.4. The van der Waals surface area contributed by atoms with Gasteiger partial charge in [-0.05, 0) is 49.9 Å². The van der Waals surface area contributed by atoms with Crippen molar-refractivity contribution in [2.24, 2.45) is 23.7 Å². The van der Waals surface area contributed by atoms with Crippen LogP contribution in [0.25, 0.3) is 0 Å². The summed E-state index contributed by atoms with van der Waals surface area (Å²) >= 11 is 0. The quantitative estimate of drug-likeness (QED) is 0.773. The molecule has 0 aromatic heterocycles. The molecule has 0 radical (unpaired) electrons. The van der Waals surface area contributed by atoms with E-state index in [1.165, 1.54) is 12.8 Å². The van der Waals surface area contributed by atoms with E-state index in [0.29, 0.717) is 5.92 Å². The van der Waals surface area contributed by atoms with Gasteiger partial charge in [0.15, 0.2) is 0 Å². The number of aliphatic carboxylic acids is 1. The lowest BCUT2D eigenvalue weighted by Gasteiger charge is -2.33. The third-order valence-electron chi connectivity index (χ3n) is 4.09. The van der Waals surface area contributed by atoms with E-state index in [9.17, 15) is 4.79 Å². The highest BCUT2D eigenvalue weighted by Crippen LogP contribution is 2.37. The molecule has 0 spiro atoms. The van der Waals surface area contributed by atoms with Crippen LogP contribution in [0.4, 0.5) is 0 Å². The lowest BCUT2D eigenvalue weighted by atomic mass is 9.72. The molecule has 1 fully saturated rings. The molecule has 1 aliphatic rings. The van der Waals surface area contributed by atoms with Crippen molar-refractivity contribution >= 4 is 5.97 Å². The number of hydrogen-bond donors (Lipinski definition) is 1. The zero-order valence-corrected chi connectivity index (χ0v) is 10.2. The van der Waals surface area contributed by atoms with Crippen LogP contribution in [0.2, 0.25) is 0 Å². The van der Waals surface area contributed by atoms with Crippen LogP contribution in [0.3, 0.4) is 0 Å². The Bertz CT molecular complexity index is 203. The summed E-state index contributed by atoms with van der Waals surface area (Å²) < 4.78 is 0. The molecule has 0 aliphatic heterocycles. The molecule has 1 saturated carbocycles. The summed E-state index contributed by atoms with van der Waals surface area (Å²) in [5.41, 5.74) is 0. The molecule has 0 aromatic rings. The van der Waals surface area contributed by atoms with Crippen molar-refractivity contribution in [1.29, 1.82) is 0 Å². The van der Waals surface area contributed by atoms with Crippen LogP contribution < -0.4 is 0 Å². The van der Waals surface area contributed by atoms with Gasteiger partial charge >= 0.3 is 5.97 Å². The van der Waals surface area contributed by atoms with Gasteiger partial charge in [0, 0.05) is 0 Å². The highest BCUT2D eigenvalue weighted by atomic mass is 16.4. The van der Waals surface area contributed by atoms with Crippen LogP contribution >= 0.6 is 0 Å². The predicted molar refractivity (Wildman–Crippen MR) is 61.7 cm³/mol. The number of carboxylic acids is 1. The summed E-state index contributed by atoms with van der Waals surface area (Å²) in [4.78, 5) is 11.0. The fraction of sp³-hybridized carbons (Fsp3) is 0.923. The first-order valence-corrected chi connectivity index (χ1v) is 6.29. The van der Waals surface area contributed by atoms with E-state index in [-0.39, 0.29) is 5.92 Å². The topological polar surface area (TPSA) is 37.3 Å². The lowest BCUT2D eigenvalue weighted by molar-refractivity contribution is -0.144. The fourth-order valence-electron chi connectivity index (χ4n) is 2.92. The Hall–Kier alpha value is -0.530. The SMILES string of the molecule is CCC(C(=O)O)C1CCC(C(C)C)CC1. The molecule has 88 valence electrons. The normalized spacial score (nSPS) is 29.1. The van der Waals surface area contributed by atoms with Crippen molar-refractivity contribution in [3.63, 3.8) is 0 Å². The van der Waals surface area contributed by atoms with Crippen LogP contribution in [0, 0.1) is 23.7 Å². The van der Waals surface area contributed by atoms with Gasteiger partial charge in [0.2, 0.25) is 0 Å². The molecule has 2 nitrogen and oxygen atoms in total. The van der Waals surface area contributed by atoms with Crippen LogP contribution in [-0.4, -0.2) is 11.1 Å². The van der Waals surface area contributed by atoms with Crippen molar-refractivity contribution in [3.8, 4) is 0 Å². The molecule has 0 amide bonds. The van der Waals surface area contributed by atoms with Crippen molar-refractivity contribution in [2.75, 3.05) is 0 Å². The minimum Gasteiger partial charge on any atom is -0.481 e. The van der Waals surface area contributed by atoms with Gasteiger partial charge in [0.1, 0.15) is 0 Å². The minimum atomic E-state index is -0.592. The maximum atomic E-state index is 11.0. The molecule has 1 N–H and O–H groups in total. The number of carbonyl (C=O) groups is 1. The van der Waals surface area contributed by atoms with Gasteiger partial charge < -0.3 is 5.11 Å². The van der Waals surface area contributed by atoms with Crippen LogP contribution in [-0.2, 0) is 4.79 Å². The maximum absolute atomic E-state index is 11.0. The number of hydrogen-bond acceptors (Lipinski definition) is 1. The Balaban J connectivity index is 2.45. The van der Waals surface area contributed by atoms with Crippen LogP contribution in [0.1, 0.15) is 52.9 Å². The lowest BCUT2D eigenvalue weighted by Crippen LogP contribution is -2.28. The number of rotatable bonds is 4. The van der Waals surface area contributed by atoms with Crippen molar-refractivity contribution in [2.45, 2.75) is 52.9 Å². The minimum absolute atomic E-state index is 0.0990. The Morgan fingerprint density at radius 2 is 1.67 bits per heavy atom. The van der Waals surface area contributed by atoms with Crippen molar-refractivity contribution in [3.05, 3.63) is 0 Å². The molecule has 0 heterocycles. The molecule has 0 aromatic carbocycles. The van der Waals surface area contributed by atoms with Gasteiger partial charge in [-0.2, -0.15) is 0 Å². The van der Waals surface area contributed by atoms with E-state index in [2.05, 4.69) is 13.8 Å². The molecule has 1 rings (SSSR count). The van der Waals surface area contributed by atoms with Crippen LogP contribution in [0.5, 0.6) is 0 Å². The van der Waals surface area contributed by atoms with Gasteiger partial charge in [0.05, 0.1) is 5.92 Å². The maximum Gasteiger partial charge on any atom is 0.306 e. The average Bonchev–Trinajstić information content (AvgIpc) is 2.19. The van der Waals surface area contributed by atoms with Crippen LogP contribution in [0.15, 0.2) is 0 Å². The summed E-state index contributed by atoms with van der Waals surface area (Å²) in [5, 5.41) is 9.10. The number of carboxylic acid groups (broad SMARTS) is 1. The fourth-order valence-corrected chi connectivity index (χ4v) is 2.92. The largest absolute Gasteiger partial charge is 0.481 e. The molecular formula is C13H24O2. The second-order valence-corrected chi connectivity index (χ2v) is 5.27. The first-order chi connectivity index (χ1) is 7.06. The smallest absolute Gasteiger partial charge is 0.306 e. The standard InChI is InChI=1S/C13H24O2/c1-4-12(13(14)15)11-7-5-10(6-8-11)9(2)3/h9-12H,4-8H2,1-3H3,(H,14,15). The summed E-state index contributed by atoms with van der Waals surface area (Å²) in [7, 11) is 0. The Kier molecular flexibility index (Phi) is 4.62.